The van der Waals surface area contributed by atoms with Crippen LogP contribution in [0.5, 0.6) is 0 Å². The van der Waals surface area contributed by atoms with E-state index in [1.807, 2.05) is 7.05 Å². The van der Waals surface area contributed by atoms with E-state index < -0.39 is 10.0 Å². The number of anilines is 1. The van der Waals surface area contributed by atoms with Gasteiger partial charge in [-0.25, -0.2) is 18.1 Å². The monoisotopic (exact) mass is 286 g/mol. The SMILES string of the molecule is CC(C)N(C)CCCNS(=O)(=O)c1ncccc1N. The van der Waals surface area contributed by atoms with Gasteiger partial charge >= 0.3 is 0 Å². The van der Waals surface area contributed by atoms with Crippen molar-refractivity contribution >= 4 is 15.7 Å². The van der Waals surface area contributed by atoms with Crippen LogP contribution in [0.15, 0.2) is 23.4 Å². The molecule has 0 radical (unpaired) electrons. The first kappa shape index (κ1) is 15.9. The second-order valence-corrected chi connectivity index (χ2v) is 6.41. The van der Waals surface area contributed by atoms with E-state index in [4.69, 9.17) is 5.73 Å². The predicted molar refractivity (Wildman–Crippen MR) is 76.2 cm³/mol. The fourth-order valence-electron chi connectivity index (χ4n) is 1.49. The zero-order chi connectivity index (χ0) is 14.5. The van der Waals surface area contributed by atoms with E-state index in [2.05, 4.69) is 28.5 Å². The van der Waals surface area contributed by atoms with E-state index in [0.717, 1.165) is 13.0 Å². The highest BCUT2D eigenvalue weighted by Gasteiger charge is 2.17. The molecule has 7 heteroatoms. The van der Waals surface area contributed by atoms with Crippen molar-refractivity contribution in [1.82, 2.24) is 14.6 Å². The highest BCUT2D eigenvalue weighted by molar-refractivity contribution is 7.89. The van der Waals surface area contributed by atoms with E-state index >= 15 is 0 Å². The molecule has 0 spiro atoms. The molecule has 0 saturated heterocycles. The predicted octanol–water partition coefficient (Wildman–Crippen LogP) is 0.672. The van der Waals surface area contributed by atoms with Gasteiger partial charge in [0.25, 0.3) is 10.0 Å². The maximum absolute atomic E-state index is 12.0. The van der Waals surface area contributed by atoms with Gasteiger partial charge in [0, 0.05) is 18.8 Å². The molecule has 0 amide bonds. The van der Waals surface area contributed by atoms with Gasteiger partial charge < -0.3 is 10.6 Å². The number of sulfonamides is 1. The first-order valence-electron chi connectivity index (χ1n) is 6.25. The average Bonchev–Trinajstić information content (AvgIpc) is 2.34. The average molecular weight is 286 g/mol. The largest absolute Gasteiger partial charge is 0.396 e. The van der Waals surface area contributed by atoms with Crippen molar-refractivity contribution in [2.45, 2.75) is 31.3 Å². The number of nitrogens with two attached hydrogens (primary N) is 1. The zero-order valence-electron chi connectivity index (χ0n) is 11.6. The van der Waals surface area contributed by atoms with Gasteiger partial charge in [0.1, 0.15) is 0 Å². The molecule has 3 N–H and O–H groups in total. The summed E-state index contributed by atoms with van der Waals surface area (Å²) >= 11 is 0. The summed E-state index contributed by atoms with van der Waals surface area (Å²) < 4.78 is 26.4. The van der Waals surface area contributed by atoms with Gasteiger partial charge in [-0.15, -0.1) is 0 Å². The fraction of sp³-hybridized carbons (Fsp3) is 0.583. The van der Waals surface area contributed by atoms with Gasteiger partial charge in [-0.2, -0.15) is 0 Å². The molecule has 0 bridgehead atoms. The molecule has 0 aliphatic rings. The lowest BCUT2D eigenvalue weighted by Crippen LogP contribution is -2.31. The minimum absolute atomic E-state index is 0.104. The van der Waals surface area contributed by atoms with Crippen molar-refractivity contribution in [3.63, 3.8) is 0 Å². The molecule has 6 nitrogen and oxygen atoms in total. The number of rotatable bonds is 7. The minimum atomic E-state index is -3.61. The summed E-state index contributed by atoms with van der Waals surface area (Å²) in [4.78, 5) is 5.96. The Balaban J connectivity index is 2.51. The molecule has 0 saturated carbocycles. The van der Waals surface area contributed by atoms with Gasteiger partial charge in [-0.05, 0) is 46.0 Å². The molecule has 108 valence electrons. The quantitative estimate of drug-likeness (QED) is 0.719. The molecule has 0 aliphatic carbocycles. The Bertz CT molecular complexity index is 502. The standard InChI is InChI=1S/C12H22N4O2S/c1-10(2)16(3)9-5-8-15-19(17,18)12-11(13)6-4-7-14-12/h4,6-7,10,15H,5,8-9,13H2,1-3H3. The molecule has 1 aromatic rings. The van der Waals surface area contributed by atoms with E-state index in [-0.39, 0.29) is 10.7 Å². The molecular weight excluding hydrogens is 264 g/mol. The maximum atomic E-state index is 12.0. The Labute approximate surface area is 115 Å². The third-order valence-corrected chi connectivity index (χ3v) is 4.35. The Kier molecular flexibility index (Phi) is 5.71. The van der Waals surface area contributed by atoms with Gasteiger partial charge in [0.15, 0.2) is 5.03 Å². The normalized spacial score (nSPS) is 12.3. The zero-order valence-corrected chi connectivity index (χ0v) is 12.4. The van der Waals surface area contributed by atoms with Crippen molar-refractivity contribution in [3.8, 4) is 0 Å². The third-order valence-electron chi connectivity index (χ3n) is 2.92. The van der Waals surface area contributed by atoms with Gasteiger partial charge in [0.05, 0.1) is 5.69 Å². The third kappa shape index (κ3) is 4.77. The molecular formula is C12H22N4O2S. The van der Waals surface area contributed by atoms with E-state index in [0.29, 0.717) is 12.6 Å². The summed E-state index contributed by atoms with van der Waals surface area (Å²) in [5.41, 5.74) is 5.77. The lowest BCUT2D eigenvalue weighted by molar-refractivity contribution is 0.271. The summed E-state index contributed by atoms with van der Waals surface area (Å²) in [5.74, 6) is 0. The van der Waals surface area contributed by atoms with Crippen LogP contribution in [-0.4, -0.2) is 44.5 Å². The van der Waals surface area contributed by atoms with Crippen molar-refractivity contribution in [3.05, 3.63) is 18.3 Å². The number of nitrogens with zero attached hydrogens (tertiary/aromatic N) is 2. The van der Waals surface area contributed by atoms with E-state index in [9.17, 15) is 8.42 Å². The summed E-state index contributed by atoms with van der Waals surface area (Å²) in [6.45, 7) is 5.39. The summed E-state index contributed by atoms with van der Waals surface area (Å²) in [5, 5.41) is -0.104. The highest BCUT2D eigenvalue weighted by Crippen LogP contribution is 2.13. The van der Waals surface area contributed by atoms with E-state index in [1.165, 1.54) is 12.3 Å². The van der Waals surface area contributed by atoms with Crippen molar-refractivity contribution < 1.29 is 8.42 Å². The van der Waals surface area contributed by atoms with Gasteiger partial charge in [-0.1, -0.05) is 0 Å². The molecule has 0 unspecified atom stereocenters. The Hall–Kier alpha value is -1.18. The Morgan fingerprint density at radius 3 is 2.74 bits per heavy atom. The molecule has 1 rings (SSSR count). The fourth-order valence-corrected chi connectivity index (χ4v) is 2.62. The van der Waals surface area contributed by atoms with Crippen LogP contribution in [-0.2, 0) is 10.0 Å². The van der Waals surface area contributed by atoms with Crippen LogP contribution in [0.1, 0.15) is 20.3 Å². The van der Waals surface area contributed by atoms with Crippen molar-refractivity contribution in [1.29, 1.82) is 0 Å². The van der Waals surface area contributed by atoms with Gasteiger partial charge in [-0.3, -0.25) is 0 Å². The molecule has 0 aliphatic heterocycles. The van der Waals surface area contributed by atoms with Crippen molar-refractivity contribution in [2.24, 2.45) is 0 Å². The van der Waals surface area contributed by atoms with E-state index in [1.54, 1.807) is 6.07 Å². The first-order valence-corrected chi connectivity index (χ1v) is 7.73. The molecule has 19 heavy (non-hydrogen) atoms. The Morgan fingerprint density at radius 1 is 1.47 bits per heavy atom. The minimum Gasteiger partial charge on any atom is -0.396 e. The number of hydrogen-bond donors (Lipinski definition) is 2. The van der Waals surface area contributed by atoms with Crippen LogP contribution in [0.25, 0.3) is 0 Å². The molecule has 0 atom stereocenters. The van der Waals surface area contributed by atoms with Crippen LogP contribution < -0.4 is 10.5 Å². The summed E-state index contributed by atoms with van der Waals surface area (Å²) in [7, 11) is -1.60. The Morgan fingerprint density at radius 2 is 2.16 bits per heavy atom. The number of pyridine rings is 1. The number of aromatic nitrogens is 1. The molecule has 0 aromatic carbocycles. The molecule has 0 fully saturated rings. The topological polar surface area (TPSA) is 88.3 Å². The van der Waals surface area contributed by atoms with Crippen LogP contribution in [0, 0.1) is 0 Å². The maximum Gasteiger partial charge on any atom is 0.260 e. The smallest absolute Gasteiger partial charge is 0.260 e. The first-order chi connectivity index (χ1) is 8.84. The van der Waals surface area contributed by atoms with Crippen LogP contribution in [0.3, 0.4) is 0 Å². The molecule has 1 heterocycles. The summed E-state index contributed by atoms with van der Waals surface area (Å²) in [6.07, 6.45) is 2.15. The number of nitrogen functional groups attached to an aromatic ring is 1. The number of hydrogen-bond acceptors (Lipinski definition) is 5. The summed E-state index contributed by atoms with van der Waals surface area (Å²) in [6, 6.07) is 3.57. The molecule has 1 aromatic heterocycles. The van der Waals surface area contributed by atoms with Crippen LogP contribution in [0.2, 0.25) is 0 Å². The number of nitrogens with one attached hydrogen (secondary N) is 1. The second-order valence-electron chi connectivity index (χ2n) is 4.72. The lowest BCUT2D eigenvalue weighted by atomic mass is 10.3. The second kappa shape index (κ2) is 6.83. The van der Waals surface area contributed by atoms with Gasteiger partial charge in [0.2, 0.25) is 0 Å². The lowest BCUT2D eigenvalue weighted by Gasteiger charge is -2.20. The van der Waals surface area contributed by atoms with Crippen LogP contribution in [0.4, 0.5) is 5.69 Å². The highest BCUT2D eigenvalue weighted by atomic mass is 32.2. The van der Waals surface area contributed by atoms with Crippen LogP contribution >= 0.6 is 0 Å². The van der Waals surface area contributed by atoms with Crippen molar-refractivity contribution in [2.75, 3.05) is 25.9 Å².